The van der Waals surface area contributed by atoms with Crippen LogP contribution in [0, 0.1) is 0 Å². The average molecular weight is 312 g/mol. The highest BCUT2D eigenvalue weighted by Gasteiger charge is 2.33. The van der Waals surface area contributed by atoms with E-state index in [0.29, 0.717) is 12.1 Å². The molecule has 1 aromatic carbocycles. The maximum atomic E-state index is 12.7. The smallest absolute Gasteiger partial charge is 0.416 e. The first kappa shape index (κ1) is 16.1. The number of nitrogens with two attached hydrogens (primary N) is 1. The number of hydrogen-bond donors (Lipinski definition) is 2. The minimum absolute atomic E-state index is 0.379. The molecule has 3 N–H and O–H groups in total. The van der Waals surface area contributed by atoms with Gasteiger partial charge in [0.05, 0.1) is 30.2 Å². The molecule has 0 bridgehead atoms. The minimum Gasteiger partial charge on any atom is -0.494 e. The molecule has 0 saturated heterocycles. The molecule has 6 nitrogen and oxygen atoms in total. The van der Waals surface area contributed by atoms with Crippen molar-refractivity contribution < 1.29 is 31.1 Å². The summed E-state index contributed by atoms with van der Waals surface area (Å²) in [5.74, 6) is -1.56. The molecule has 0 unspecified atom stereocenters. The Labute approximate surface area is 112 Å². The molecule has 0 aliphatic heterocycles. The second kappa shape index (κ2) is 5.19. The molecule has 0 radical (unpaired) electrons. The molecule has 0 spiro atoms. The Bertz CT molecular complexity index is 641. The Balaban J connectivity index is 3.62. The lowest BCUT2D eigenvalue weighted by molar-refractivity contribution is -0.137. The van der Waals surface area contributed by atoms with Gasteiger partial charge in [0, 0.05) is 0 Å². The Morgan fingerprint density at radius 1 is 1.35 bits per heavy atom. The van der Waals surface area contributed by atoms with E-state index in [4.69, 9.17) is 10.5 Å². The van der Waals surface area contributed by atoms with Crippen LogP contribution in [0.15, 0.2) is 12.1 Å². The number of alkyl halides is 3. The summed E-state index contributed by atoms with van der Waals surface area (Å²) >= 11 is 0. The quantitative estimate of drug-likeness (QED) is 0.872. The van der Waals surface area contributed by atoms with Gasteiger partial charge in [-0.25, -0.2) is 8.42 Å². The monoisotopic (exact) mass is 312 g/mol. The summed E-state index contributed by atoms with van der Waals surface area (Å²) < 4.78 is 67.0. The lowest BCUT2D eigenvalue weighted by atomic mass is 10.1. The SMILES string of the molecule is COc1c(NS(C)(=O)=O)cc(C(F)(F)F)cc1C(N)=O. The molecular formula is C10H11F3N2O4S. The number of carbonyl (C=O) groups is 1. The van der Waals surface area contributed by atoms with Crippen molar-refractivity contribution in [2.45, 2.75) is 6.18 Å². The number of hydrogen-bond acceptors (Lipinski definition) is 4. The van der Waals surface area contributed by atoms with Crippen LogP contribution in [-0.2, 0) is 16.2 Å². The zero-order valence-corrected chi connectivity index (χ0v) is 11.2. The maximum Gasteiger partial charge on any atom is 0.416 e. The predicted molar refractivity (Wildman–Crippen MR) is 65.0 cm³/mol. The summed E-state index contributed by atoms with van der Waals surface area (Å²) in [5, 5.41) is 0. The number of methoxy groups -OCH3 is 1. The minimum atomic E-state index is -4.77. The van der Waals surface area contributed by atoms with Gasteiger partial charge in [0.2, 0.25) is 10.0 Å². The molecule has 1 rings (SSSR count). The number of anilines is 1. The van der Waals surface area contributed by atoms with Gasteiger partial charge in [-0.05, 0) is 12.1 Å². The Hall–Kier alpha value is -1.97. The van der Waals surface area contributed by atoms with Crippen LogP contribution >= 0.6 is 0 Å². The van der Waals surface area contributed by atoms with Gasteiger partial charge in [-0.2, -0.15) is 13.2 Å². The number of ether oxygens (including phenoxy) is 1. The number of rotatable bonds is 4. The molecule has 10 heteroatoms. The van der Waals surface area contributed by atoms with Crippen molar-refractivity contribution in [3.8, 4) is 5.75 Å². The van der Waals surface area contributed by atoms with E-state index in [2.05, 4.69) is 0 Å². The van der Waals surface area contributed by atoms with Crippen molar-refractivity contribution in [3.63, 3.8) is 0 Å². The van der Waals surface area contributed by atoms with Gasteiger partial charge in [0.15, 0.2) is 5.75 Å². The van der Waals surface area contributed by atoms with Crippen LogP contribution in [0.3, 0.4) is 0 Å². The van der Waals surface area contributed by atoms with Crippen LogP contribution in [0.1, 0.15) is 15.9 Å². The van der Waals surface area contributed by atoms with Crippen LogP contribution < -0.4 is 15.2 Å². The van der Waals surface area contributed by atoms with E-state index < -0.39 is 38.9 Å². The van der Waals surface area contributed by atoms with Crippen molar-refractivity contribution in [2.75, 3.05) is 18.1 Å². The topological polar surface area (TPSA) is 98.5 Å². The summed E-state index contributed by atoms with van der Waals surface area (Å²) in [7, 11) is -2.79. The molecule has 0 fully saturated rings. The van der Waals surface area contributed by atoms with E-state index >= 15 is 0 Å². The van der Waals surface area contributed by atoms with Crippen LogP contribution in [0.4, 0.5) is 18.9 Å². The van der Waals surface area contributed by atoms with Crippen molar-refractivity contribution in [1.29, 1.82) is 0 Å². The third kappa shape index (κ3) is 3.76. The van der Waals surface area contributed by atoms with E-state index in [1.807, 2.05) is 4.72 Å². The summed E-state index contributed by atoms with van der Waals surface area (Å²) in [6, 6.07) is 1.01. The number of primary amides is 1. The second-order valence-corrected chi connectivity index (χ2v) is 5.59. The normalized spacial score (nSPS) is 12.1. The summed E-state index contributed by atoms with van der Waals surface area (Å²) in [6.07, 6.45) is -4.03. The Morgan fingerprint density at radius 2 is 1.90 bits per heavy atom. The number of carbonyl (C=O) groups excluding carboxylic acids is 1. The summed E-state index contributed by atoms with van der Waals surface area (Å²) in [6.45, 7) is 0. The number of sulfonamides is 1. The third-order valence-electron chi connectivity index (χ3n) is 2.18. The van der Waals surface area contributed by atoms with Gasteiger partial charge in [-0.1, -0.05) is 0 Å². The Kier molecular flexibility index (Phi) is 4.18. The van der Waals surface area contributed by atoms with Crippen molar-refractivity contribution in [3.05, 3.63) is 23.3 Å². The van der Waals surface area contributed by atoms with Gasteiger partial charge in [0.1, 0.15) is 0 Å². The average Bonchev–Trinajstić information content (AvgIpc) is 2.24. The molecule has 20 heavy (non-hydrogen) atoms. The first-order chi connectivity index (χ1) is 8.95. The number of benzene rings is 1. The highest BCUT2D eigenvalue weighted by molar-refractivity contribution is 7.92. The van der Waals surface area contributed by atoms with Crippen LogP contribution in [0.25, 0.3) is 0 Å². The molecule has 0 atom stereocenters. The highest BCUT2D eigenvalue weighted by Crippen LogP contribution is 2.38. The summed E-state index contributed by atoms with van der Waals surface area (Å²) in [4.78, 5) is 11.2. The van der Waals surface area contributed by atoms with Crippen LogP contribution in [0.5, 0.6) is 5.75 Å². The van der Waals surface area contributed by atoms with Gasteiger partial charge in [-0.3, -0.25) is 9.52 Å². The molecule has 1 amide bonds. The maximum absolute atomic E-state index is 12.7. The second-order valence-electron chi connectivity index (χ2n) is 3.84. The molecular weight excluding hydrogens is 301 g/mol. The first-order valence-corrected chi connectivity index (χ1v) is 6.91. The van der Waals surface area contributed by atoms with E-state index in [1.165, 1.54) is 0 Å². The first-order valence-electron chi connectivity index (χ1n) is 5.02. The molecule has 0 aliphatic carbocycles. The molecule has 0 heterocycles. The third-order valence-corrected chi connectivity index (χ3v) is 2.77. The molecule has 0 aromatic heterocycles. The fourth-order valence-electron chi connectivity index (χ4n) is 1.47. The fraction of sp³-hybridized carbons (Fsp3) is 0.300. The van der Waals surface area contributed by atoms with Gasteiger partial charge < -0.3 is 10.5 Å². The summed E-state index contributed by atoms with van der Waals surface area (Å²) in [5.41, 5.74) is 2.66. The molecule has 112 valence electrons. The molecule has 0 aliphatic rings. The van der Waals surface area contributed by atoms with E-state index in [0.717, 1.165) is 13.4 Å². The van der Waals surface area contributed by atoms with Crippen molar-refractivity contribution in [2.24, 2.45) is 5.73 Å². The largest absolute Gasteiger partial charge is 0.494 e. The van der Waals surface area contributed by atoms with Gasteiger partial charge in [-0.15, -0.1) is 0 Å². The Morgan fingerprint density at radius 3 is 2.25 bits per heavy atom. The van der Waals surface area contributed by atoms with E-state index in [-0.39, 0.29) is 5.75 Å². The van der Waals surface area contributed by atoms with Crippen molar-refractivity contribution >= 4 is 21.6 Å². The van der Waals surface area contributed by atoms with Crippen LogP contribution in [-0.4, -0.2) is 27.7 Å². The lowest BCUT2D eigenvalue weighted by Crippen LogP contribution is -2.18. The molecule has 0 saturated carbocycles. The van der Waals surface area contributed by atoms with E-state index in [9.17, 15) is 26.4 Å². The highest BCUT2D eigenvalue weighted by atomic mass is 32.2. The van der Waals surface area contributed by atoms with Crippen LogP contribution in [0.2, 0.25) is 0 Å². The molecule has 1 aromatic rings. The number of halogens is 3. The van der Waals surface area contributed by atoms with Crippen molar-refractivity contribution in [1.82, 2.24) is 0 Å². The fourth-order valence-corrected chi connectivity index (χ4v) is 2.02. The van der Waals surface area contributed by atoms with Gasteiger partial charge in [0.25, 0.3) is 5.91 Å². The number of nitrogens with one attached hydrogen (secondary N) is 1. The predicted octanol–water partition coefficient (Wildman–Crippen LogP) is 1.18. The van der Waals surface area contributed by atoms with E-state index in [1.54, 1.807) is 0 Å². The zero-order valence-electron chi connectivity index (χ0n) is 10.4. The standard InChI is InChI=1S/C10H11F3N2O4S/c1-19-8-6(9(14)16)3-5(10(11,12)13)4-7(8)15-20(2,17)18/h3-4,15H,1-2H3,(H2,14,16). The zero-order chi connectivity index (χ0) is 15.7. The lowest BCUT2D eigenvalue weighted by Gasteiger charge is -2.16. The number of amides is 1. The van der Waals surface area contributed by atoms with Gasteiger partial charge >= 0.3 is 6.18 Å².